The van der Waals surface area contributed by atoms with Crippen molar-refractivity contribution in [2.45, 2.75) is 19.9 Å². The number of ether oxygens (including phenoxy) is 2. The van der Waals surface area contributed by atoms with E-state index in [9.17, 15) is 0 Å². The van der Waals surface area contributed by atoms with Gasteiger partial charge in [0.05, 0.1) is 13.2 Å². The molecule has 0 unspecified atom stereocenters. The SMILES string of the molecule is CCCOc1cccc(-c2nnc(CNCCOC)s2)c1. The quantitative estimate of drug-likeness (QED) is 0.722. The lowest BCUT2D eigenvalue weighted by atomic mass is 10.2. The molecule has 1 aromatic heterocycles. The summed E-state index contributed by atoms with van der Waals surface area (Å²) in [5.41, 5.74) is 1.05. The molecule has 0 saturated heterocycles. The van der Waals surface area contributed by atoms with Crippen molar-refractivity contribution in [1.29, 1.82) is 0 Å². The summed E-state index contributed by atoms with van der Waals surface area (Å²) in [6, 6.07) is 7.99. The average Bonchev–Trinajstić information content (AvgIpc) is 2.99. The summed E-state index contributed by atoms with van der Waals surface area (Å²) in [6.45, 7) is 5.05. The van der Waals surface area contributed by atoms with Gasteiger partial charge < -0.3 is 14.8 Å². The van der Waals surface area contributed by atoms with Crippen molar-refractivity contribution in [3.63, 3.8) is 0 Å². The summed E-state index contributed by atoms with van der Waals surface area (Å²) in [4.78, 5) is 0. The zero-order valence-electron chi connectivity index (χ0n) is 12.5. The Bertz CT molecular complexity index is 545. The Labute approximate surface area is 129 Å². The van der Waals surface area contributed by atoms with Crippen LogP contribution >= 0.6 is 11.3 Å². The van der Waals surface area contributed by atoms with E-state index in [1.807, 2.05) is 24.3 Å². The molecule has 0 aliphatic carbocycles. The first-order chi connectivity index (χ1) is 10.3. The predicted octanol–water partition coefficient (Wildman–Crippen LogP) is 2.73. The molecule has 0 fully saturated rings. The van der Waals surface area contributed by atoms with Gasteiger partial charge in [0.25, 0.3) is 0 Å². The van der Waals surface area contributed by atoms with Crippen LogP contribution in [0.15, 0.2) is 24.3 Å². The zero-order valence-corrected chi connectivity index (χ0v) is 13.3. The Balaban J connectivity index is 1.96. The Morgan fingerprint density at radius 3 is 2.95 bits per heavy atom. The van der Waals surface area contributed by atoms with Gasteiger partial charge in [-0.2, -0.15) is 0 Å². The summed E-state index contributed by atoms with van der Waals surface area (Å²) in [7, 11) is 1.69. The van der Waals surface area contributed by atoms with Gasteiger partial charge in [-0.15, -0.1) is 10.2 Å². The molecule has 6 heteroatoms. The van der Waals surface area contributed by atoms with Gasteiger partial charge >= 0.3 is 0 Å². The molecule has 0 radical (unpaired) electrons. The number of hydrogen-bond acceptors (Lipinski definition) is 6. The predicted molar refractivity (Wildman–Crippen MR) is 84.7 cm³/mol. The van der Waals surface area contributed by atoms with Crippen LogP contribution in [-0.2, 0) is 11.3 Å². The van der Waals surface area contributed by atoms with Crippen molar-refractivity contribution in [3.8, 4) is 16.3 Å². The highest BCUT2D eigenvalue weighted by Crippen LogP contribution is 2.26. The van der Waals surface area contributed by atoms with Crippen molar-refractivity contribution in [1.82, 2.24) is 15.5 Å². The molecule has 114 valence electrons. The minimum absolute atomic E-state index is 0.697. The fraction of sp³-hybridized carbons (Fsp3) is 0.467. The Kier molecular flexibility index (Phi) is 6.59. The first kappa shape index (κ1) is 15.9. The van der Waals surface area contributed by atoms with Crippen LogP contribution in [0.25, 0.3) is 10.6 Å². The third-order valence-corrected chi connectivity index (χ3v) is 3.75. The molecule has 0 atom stereocenters. The van der Waals surface area contributed by atoms with Gasteiger partial charge in [-0.3, -0.25) is 0 Å². The number of aromatic nitrogens is 2. The van der Waals surface area contributed by atoms with E-state index in [4.69, 9.17) is 9.47 Å². The molecule has 0 spiro atoms. The highest BCUT2D eigenvalue weighted by molar-refractivity contribution is 7.14. The van der Waals surface area contributed by atoms with Gasteiger partial charge in [0.15, 0.2) is 0 Å². The largest absolute Gasteiger partial charge is 0.494 e. The summed E-state index contributed by atoms with van der Waals surface area (Å²) in [5.74, 6) is 0.879. The molecule has 21 heavy (non-hydrogen) atoms. The molecule has 0 bridgehead atoms. The fourth-order valence-electron chi connectivity index (χ4n) is 1.75. The van der Waals surface area contributed by atoms with Gasteiger partial charge in [0.2, 0.25) is 0 Å². The zero-order chi connectivity index (χ0) is 14.9. The maximum absolute atomic E-state index is 5.65. The normalized spacial score (nSPS) is 10.8. The van der Waals surface area contributed by atoms with E-state index < -0.39 is 0 Å². The van der Waals surface area contributed by atoms with Gasteiger partial charge in [-0.05, 0) is 18.6 Å². The molecule has 2 rings (SSSR count). The first-order valence-corrected chi connectivity index (χ1v) is 7.90. The van der Waals surface area contributed by atoms with Crippen LogP contribution in [0.5, 0.6) is 5.75 Å². The highest BCUT2D eigenvalue weighted by Gasteiger charge is 2.07. The van der Waals surface area contributed by atoms with Crippen LogP contribution in [0.1, 0.15) is 18.4 Å². The summed E-state index contributed by atoms with van der Waals surface area (Å²) in [6.07, 6.45) is 1.00. The Morgan fingerprint density at radius 1 is 1.24 bits per heavy atom. The molecule has 1 aromatic carbocycles. The minimum atomic E-state index is 0.697. The van der Waals surface area contributed by atoms with E-state index in [2.05, 4.69) is 22.4 Å². The number of nitrogens with zero attached hydrogens (tertiary/aromatic N) is 2. The second kappa shape index (κ2) is 8.71. The molecule has 0 aliphatic rings. The van der Waals surface area contributed by atoms with Crippen LogP contribution in [0.2, 0.25) is 0 Å². The lowest BCUT2D eigenvalue weighted by molar-refractivity contribution is 0.199. The molecule has 5 nitrogen and oxygen atoms in total. The van der Waals surface area contributed by atoms with Crippen molar-refractivity contribution in [2.24, 2.45) is 0 Å². The summed E-state index contributed by atoms with van der Waals surface area (Å²) < 4.78 is 10.6. The fourth-order valence-corrected chi connectivity index (χ4v) is 2.56. The molecule has 2 aromatic rings. The second-order valence-electron chi connectivity index (χ2n) is 4.55. The second-order valence-corrected chi connectivity index (χ2v) is 5.61. The van der Waals surface area contributed by atoms with Crippen LogP contribution < -0.4 is 10.1 Å². The van der Waals surface area contributed by atoms with Crippen LogP contribution in [0, 0.1) is 0 Å². The van der Waals surface area contributed by atoms with Crippen LogP contribution in [0.4, 0.5) is 0 Å². The van der Waals surface area contributed by atoms with Gasteiger partial charge in [-0.25, -0.2) is 0 Å². The monoisotopic (exact) mass is 307 g/mol. The van der Waals surface area contributed by atoms with Crippen molar-refractivity contribution in [3.05, 3.63) is 29.3 Å². The van der Waals surface area contributed by atoms with E-state index in [1.54, 1.807) is 18.4 Å². The number of nitrogens with one attached hydrogen (secondary N) is 1. The number of methoxy groups -OCH3 is 1. The van der Waals surface area contributed by atoms with E-state index in [0.717, 1.165) is 40.9 Å². The lowest BCUT2D eigenvalue weighted by Crippen LogP contribution is -2.18. The van der Waals surface area contributed by atoms with E-state index in [-0.39, 0.29) is 0 Å². The highest BCUT2D eigenvalue weighted by atomic mass is 32.1. The number of hydrogen-bond donors (Lipinski definition) is 1. The lowest BCUT2D eigenvalue weighted by Gasteiger charge is -2.05. The molecule has 0 saturated carbocycles. The average molecular weight is 307 g/mol. The van der Waals surface area contributed by atoms with E-state index in [1.165, 1.54) is 0 Å². The van der Waals surface area contributed by atoms with Crippen LogP contribution in [-0.4, -0.2) is 37.1 Å². The summed E-state index contributed by atoms with van der Waals surface area (Å²) >= 11 is 1.60. The summed E-state index contributed by atoms with van der Waals surface area (Å²) in [5, 5.41) is 13.6. The van der Waals surface area contributed by atoms with Crippen molar-refractivity contribution >= 4 is 11.3 Å². The number of rotatable bonds is 9. The van der Waals surface area contributed by atoms with E-state index >= 15 is 0 Å². The minimum Gasteiger partial charge on any atom is -0.494 e. The van der Waals surface area contributed by atoms with Gasteiger partial charge in [-0.1, -0.05) is 30.4 Å². The Hall–Kier alpha value is -1.50. The molecule has 1 N–H and O–H groups in total. The number of benzene rings is 1. The smallest absolute Gasteiger partial charge is 0.147 e. The maximum atomic E-state index is 5.65. The van der Waals surface area contributed by atoms with Crippen LogP contribution in [0.3, 0.4) is 0 Å². The van der Waals surface area contributed by atoms with Gasteiger partial charge in [0.1, 0.15) is 15.8 Å². The maximum Gasteiger partial charge on any atom is 0.147 e. The molecule has 0 aliphatic heterocycles. The third kappa shape index (κ3) is 5.08. The topological polar surface area (TPSA) is 56.3 Å². The standard InChI is InChI=1S/C15H21N3O2S/c1-3-8-20-13-6-4-5-12(10-13)15-18-17-14(21-15)11-16-7-9-19-2/h4-6,10,16H,3,7-9,11H2,1-2H3. The molecule has 1 heterocycles. The molecular formula is C15H21N3O2S. The molecule has 0 amide bonds. The van der Waals surface area contributed by atoms with Crippen molar-refractivity contribution < 1.29 is 9.47 Å². The Morgan fingerprint density at radius 2 is 2.14 bits per heavy atom. The van der Waals surface area contributed by atoms with E-state index in [0.29, 0.717) is 13.2 Å². The van der Waals surface area contributed by atoms with Crippen molar-refractivity contribution in [2.75, 3.05) is 26.9 Å². The molecular weight excluding hydrogens is 286 g/mol. The first-order valence-electron chi connectivity index (χ1n) is 7.08. The third-order valence-electron chi connectivity index (χ3n) is 2.78. The van der Waals surface area contributed by atoms with Gasteiger partial charge in [0, 0.05) is 25.8 Å².